The van der Waals surface area contributed by atoms with E-state index < -0.39 is 0 Å². The molecular weight excluding hydrogens is 324 g/mol. The molecule has 0 bridgehead atoms. The van der Waals surface area contributed by atoms with Crippen LogP contribution >= 0.6 is 15.9 Å². The Morgan fingerprint density at radius 2 is 2.00 bits per heavy atom. The number of unbranched alkanes of at least 4 members (excludes halogenated alkanes) is 1. The molecule has 2 nitrogen and oxygen atoms in total. The molecule has 1 atom stereocenters. The van der Waals surface area contributed by atoms with Gasteiger partial charge in [0.05, 0.1) is 0 Å². The van der Waals surface area contributed by atoms with Crippen molar-refractivity contribution in [3.8, 4) is 0 Å². The van der Waals surface area contributed by atoms with Gasteiger partial charge in [-0.1, -0.05) is 55.3 Å². The van der Waals surface area contributed by atoms with Gasteiger partial charge in [0.1, 0.15) is 0 Å². The van der Waals surface area contributed by atoms with E-state index in [0.29, 0.717) is 6.04 Å². The van der Waals surface area contributed by atoms with Crippen molar-refractivity contribution in [1.29, 1.82) is 0 Å². The molecule has 1 unspecified atom stereocenters. The minimum absolute atomic E-state index is 0.643. The van der Waals surface area contributed by atoms with Crippen LogP contribution < -0.4 is 5.32 Å². The minimum Gasteiger partial charge on any atom is -0.313 e. The second-order valence-electron chi connectivity index (χ2n) is 5.79. The van der Waals surface area contributed by atoms with Crippen LogP contribution in [-0.4, -0.2) is 24.0 Å². The molecule has 3 heteroatoms. The van der Waals surface area contributed by atoms with Gasteiger partial charge in [0.2, 0.25) is 0 Å². The van der Waals surface area contributed by atoms with Crippen molar-refractivity contribution in [2.24, 2.45) is 0 Å². The van der Waals surface area contributed by atoms with Crippen molar-refractivity contribution < 1.29 is 0 Å². The third kappa shape index (κ3) is 6.50. The molecule has 0 aromatic heterocycles. The summed E-state index contributed by atoms with van der Waals surface area (Å²) in [6, 6.07) is 7.42. The molecule has 0 spiro atoms. The van der Waals surface area contributed by atoms with Crippen molar-refractivity contribution in [2.75, 3.05) is 13.1 Å². The van der Waals surface area contributed by atoms with Gasteiger partial charge in [-0.25, -0.2) is 0 Å². The highest BCUT2D eigenvalue weighted by molar-refractivity contribution is 9.10. The molecular formula is C18H31BrN2. The zero-order valence-corrected chi connectivity index (χ0v) is 15.7. The van der Waals surface area contributed by atoms with E-state index in [0.717, 1.165) is 19.6 Å². The third-order valence-corrected chi connectivity index (χ3v) is 4.82. The van der Waals surface area contributed by atoms with Crippen LogP contribution in [-0.2, 0) is 13.1 Å². The first-order valence-corrected chi connectivity index (χ1v) is 9.13. The Hall–Kier alpha value is -0.380. The lowest BCUT2D eigenvalue weighted by atomic mass is 10.1. The smallest absolute Gasteiger partial charge is 0.0247 e. The van der Waals surface area contributed by atoms with E-state index in [2.05, 4.69) is 72.0 Å². The van der Waals surface area contributed by atoms with Gasteiger partial charge in [-0.05, 0) is 50.0 Å². The first-order chi connectivity index (χ1) is 10.1. The van der Waals surface area contributed by atoms with Crippen LogP contribution in [0.5, 0.6) is 0 Å². The van der Waals surface area contributed by atoms with Crippen LogP contribution in [0.2, 0.25) is 0 Å². The van der Waals surface area contributed by atoms with E-state index in [-0.39, 0.29) is 0 Å². The number of rotatable bonds is 10. The molecule has 1 N–H and O–H groups in total. The zero-order valence-electron chi connectivity index (χ0n) is 14.1. The van der Waals surface area contributed by atoms with E-state index in [4.69, 9.17) is 0 Å². The van der Waals surface area contributed by atoms with Gasteiger partial charge in [-0.15, -0.1) is 0 Å². The van der Waals surface area contributed by atoms with Crippen LogP contribution in [0.4, 0.5) is 0 Å². The van der Waals surface area contributed by atoms with Crippen molar-refractivity contribution >= 4 is 15.9 Å². The van der Waals surface area contributed by atoms with Crippen LogP contribution in [0.1, 0.15) is 58.1 Å². The third-order valence-electron chi connectivity index (χ3n) is 4.08. The number of nitrogens with one attached hydrogen (secondary N) is 1. The summed E-state index contributed by atoms with van der Waals surface area (Å²) >= 11 is 3.75. The maximum absolute atomic E-state index is 3.75. The predicted octanol–water partition coefficient (Wildman–Crippen LogP) is 4.96. The van der Waals surface area contributed by atoms with Crippen LogP contribution in [0, 0.1) is 0 Å². The van der Waals surface area contributed by atoms with Gasteiger partial charge in [0.15, 0.2) is 0 Å². The van der Waals surface area contributed by atoms with E-state index in [9.17, 15) is 0 Å². The summed E-state index contributed by atoms with van der Waals surface area (Å²) in [6.07, 6.45) is 3.75. The fraction of sp³-hybridized carbons (Fsp3) is 0.667. The molecule has 1 rings (SSSR count). The molecule has 0 aliphatic heterocycles. The highest BCUT2D eigenvalue weighted by atomic mass is 79.9. The monoisotopic (exact) mass is 354 g/mol. The van der Waals surface area contributed by atoms with Crippen LogP contribution in [0.15, 0.2) is 22.7 Å². The fourth-order valence-corrected chi connectivity index (χ4v) is 2.94. The molecule has 0 fully saturated rings. The second kappa shape index (κ2) is 10.4. The first-order valence-electron chi connectivity index (χ1n) is 8.34. The minimum atomic E-state index is 0.643. The van der Waals surface area contributed by atoms with E-state index >= 15 is 0 Å². The lowest BCUT2D eigenvalue weighted by molar-refractivity contribution is 0.192. The topological polar surface area (TPSA) is 15.3 Å². The molecule has 0 heterocycles. The molecule has 120 valence electrons. The number of halogens is 1. The Morgan fingerprint density at radius 1 is 1.24 bits per heavy atom. The summed E-state index contributed by atoms with van der Waals surface area (Å²) in [5, 5.41) is 3.38. The Balaban J connectivity index is 2.73. The summed E-state index contributed by atoms with van der Waals surface area (Å²) in [5.41, 5.74) is 2.74. The van der Waals surface area contributed by atoms with Gasteiger partial charge in [0.25, 0.3) is 0 Å². The maximum Gasteiger partial charge on any atom is 0.0247 e. The average Bonchev–Trinajstić information content (AvgIpc) is 2.50. The quantitative estimate of drug-likeness (QED) is 0.638. The van der Waals surface area contributed by atoms with Crippen molar-refractivity contribution in [3.05, 3.63) is 33.8 Å². The standard InChI is InChI=1S/C18H31BrN2/c1-5-8-11-21(15(4)6-2)14-17-10-9-16(12-18(17)19)13-20-7-3/h9-10,12,15,20H,5-8,11,13-14H2,1-4H3. The SMILES string of the molecule is CCCCN(Cc1ccc(CNCC)cc1Br)C(C)CC. The summed E-state index contributed by atoms with van der Waals surface area (Å²) in [4.78, 5) is 2.60. The Bertz CT molecular complexity index is 406. The summed E-state index contributed by atoms with van der Waals surface area (Å²) < 4.78 is 1.24. The summed E-state index contributed by atoms with van der Waals surface area (Å²) in [5.74, 6) is 0. The van der Waals surface area contributed by atoms with Gasteiger partial charge < -0.3 is 5.32 Å². The van der Waals surface area contributed by atoms with Crippen LogP contribution in [0.3, 0.4) is 0 Å². The van der Waals surface area contributed by atoms with Gasteiger partial charge in [0, 0.05) is 23.6 Å². The molecule has 1 aromatic carbocycles. The summed E-state index contributed by atoms with van der Waals surface area (Å²) in [6.45, 7) is 13.2. The van der Waals surface area contributed by atoms with Gasteiger partial charge in [-0.3, -0.25) is 4.90 Å². The largest absolute Gasteiger partial charge is 0.313 e. The number of benzene rings is 1. The summed E-state index contributed by atoms with van der Waals surface area (Å²) in [7, 11) is 0. The second-order valence-corrected chi connectivity index (χ2v) is 6.64. The molecule has 0 amide bonds. The van der Waals surface area contributed by atoms with Crippen LogP contribution in [0.25, 0.3) is 0 Å². The van der Waals surface area contributed by atoms with E-state index in [1.807, 2.05) is 0 Å². The molecule has 0 radical (unpaired) electrons. The molecule has 0 saturated heterocycles. The predicted molar refractivity (Wildman–Crippen MR) is 96.6 cm³/mol. The average molecular weight is 355 g/mol. The fourth-order valence-electron chi connectivity index (χ4n) is 2.39. The van der Waals surface area contributed by atoms with Crippen molar-refractivity contribution in [2.45, 2.75) is 66.1 Å². The highest BCUT2D eigenvalue weighted by Crippen LogP contribution is 2.22. The van der Waals surface area contributed by atoms with Crippen molar-refractivity contribution in [3.63, 3.8) is 0 Å². The van der Waals surface area contributed by atoms with E-state index in [1.165, 1.54) is 41.4 Å². The number of hydrogen-bond acceptors (Lipinski definition) is 2. The molecule has 21 heavy (non-hydrogen) atoms. The van der Waals surface area contributed by atoms with Gasteiger partial charge >= 0.3 is 0 Å². The molecule has 0 aliphatic carbocycles. The maximum atomic E-state index is 3.75. The van der Waals surface area contributed by atoms with E-state index in [1.54, 1.807) is 0 Å². The normalized spacial score (nSPS) is 12.9. The Morgan fingerprint density at radius 3 is 2.57 bits per heavy atom. The Kier molecular flexibility index (Phi) is 9.21. The lowest BCUT2D eigenvalue weighted by Crippen LogP contribution is -2.33. The molecule has 0 saturated carbocycles. The molecule has 0 aliphatic rings. The zero-order chi connectivity index (χ0) is 15.7. The van der Waals surface area contributed by atoms with Gasteiger partial charge in [-0.2, -0.15) is 0 Å². The highest BCUT2D eigenvalue weighted by Gasteiger charge is 2.13. The first kappa shape index (κ1) is 18.7. The number of hydrogen-bond donors (Lipinski definition) is 1. The van der Waals surface area contributed by atoms with Crippen molar-refractivity contribution in [1.82, 2.24) is 10.2 Å². The number of nitrogens with zero attached hydrogens (tertiary/aromatic N) is 1. The Labute approximate surface area is 139 Å². The molecule has 1 aromatic rings. The lowest BCUT2D eigenvalue weighted by Gasteiger charge is -2.29.